The van der Waals surface area contributed by atoms with E-state index in [1.807, 2.05) is 0 Å². The third kappa shape index (κ3) is 4.51. The van der Waals surface area contributed by atoms with Crippen molar-refractivity contribution in [2.45, 2.75) is 6.92 Å². The summed E-state index contributed by atoms with van der Waals surface area (Å²) in [5.41, 5.74) is 0.275. The molecule has 0 aromatic carbocycles. The Morgan fingerprint density at radius 1 is 1.56 bits per heavy atom. The smallest absolute Gasteiger partial charge is 0.328 e. The van der Waals surface area contributed by atoms with Gasteiger partial charge in [-0.1, -0.05) is 0 Å². The number of rotatable bonds is 2. The van der Waals surface area contributed by atoms with Gasteiger partial charge in [0.05, 0.1) is 0 Å². The largest absolute Gasteiger partial charge is 0.478 e. The van der Waals surface area contributed by atoms with E-state index in [1.165, 1.54) is 18.9 Å². The lowest BCUT2D eigenvalue weighted by Crippen LogP contribution is -1.85. The Morgan fingerprint density at radius 2 is 2.11 bits per heavy atom. The molecular formula is C6H6O3. The molecule has 0 aliphatic carbocycles. The van der Waals surface area contributed by atoms with Crippen molar-refractivity contribution >= 4 is 11.9 Å². The van der Waals surface area contributed by atoms with Crippen LogP contribution in [0.5, 0.6) is 0 Å². The van der Waals surface area contributed by atoms with Gasteiger partial charge in [-0.2, -0.15) is 0 Å². The number of carbonyl (C=O) groups excluding carboxylic acids is 1. The molecule has 0 rings (SSSR count). The average molecular weight is 126 g/mol. The van der Waals surface area contributed by atoms with Crippen LogP contribution in [0.4, 0.5) is 0 Å². The fraction of sp³-hybridized carbons (Fsp3) is 0.167. The van der Waals surface area contributed by atoms with Crippen LogP contribution in [0, 0.1) is 0 Å². The van der Waals surface area contributed by atoms with E-state index in [-0.39, 0.29) is 5.57 Å². The van der Waals surface area contributed by atoms with Crippen molar-refractivity contribution in [1.82, 2.24) is 0 Å². The third-order valence-electron chi connectivity index (χ3n) is 0.637. The molecule has 0 aliphatic rings. The number of allylic oxidation sites excluding steroid dienone is 2. The van der Waals surface area contributed by atoms with Crippen LogP contribution in [0.25, 0.3) is 0 Å². The molecule has 3 nitrogen and oxygen atoms in total. The minimum absolute atomic E-state index is 0.275. The van der Waals surface area contributed by atoms with Crippen LogP contribution >= 0.6 is 0 Å². The van der Waals surface area contributed by atoms with Gasteiger partial charge in [0, 0.05) is 11.6 Å². The van der Waals surface area contributed by atoms with Crippen LogP contribution in [0.3, 0.4) is 0 Å². The summed E-state index contributed by atoms with van der Waals surface area (Å²) in [6, 6.07) is 0. The van der Waals surface area contributed by atoms with Crippen LogP contribution in [-0.4, -0.2) is 17.0 Å². The Balaban J connectivity index is 4.01. The maximum atomic E-state index is 9.79. The van der Waals surface area contributed by atoms with E-state index in [0.29, 0.717) is 0 Å². The molecule has 0 aromatic rings. The standard InChI is InChI=1S/C6H6O3/c1-5(4-7)2-3-6(8)9/h2-3H,1H3,(H,8,9)/b3-2-. The van der Waals surface area contributed by atoms with E-state index in [2.05, 4.69) is 0 Å². The van der Waals surface area contributed by atoms with Gasteiger partial charge in [0.25, 0.3) is 0 Å². The molecular weight excluding hydrogens is 120 g/mol. The second-order valence-electron chi connectivity index (χ2n) is 1.46. The monoisotopic (exact) mass is 126 g/mol. The first-order chi connectivity index (χ1) is 4.16. The lowest BCUT2D eigenvalue weighted by atomic mass is 10.3. The second-order valence-corrected chi connectivity index (χ2v) is 1.46. The van der Waals surface area contributed by atoms with Crippen LogP contribution in [0.2, 0.25) is 0 Å². The first-order valence-electron chi connectivity index (χ1n) is 2.29. The number of hydrogen-bond donors (Lipinski definition) is 1. The third-order valence-corrected chi connectivity index (χ3v) is 0.637. The van der Waals surface area contributed by atoms with Crippen molar-refractivity contribution in [3.8, 4) is 0 Å². The van der Waals surface area contributed by atoms with Gasteiger partial charge in [-0.3, -0.25) is 0 Å². The van der Waals surface area contributed by atoms with Crippen LogP contribution in [0.15, 0.2) is 17.7 Å². The molecule has 0 atom stereocenters. The van der Waals surface area contributed by atoms with E-state index in [4.69, 9.17) is 5.11 Å². The van der Waals surface area contributed by atoms with Crippen molar-refractivity contribution in [3.63, 3.8) is 0 Å². The van der Waals surface area contributed by atoms with E-state index in [0.717, 1.165) is 6.08 Å². The predicted molar refractivity (Wildman–Crippen MR) is 31.7 cm³/mol. The predicted octanol–water partition coefficient (Wildman–Crippen LogP) is 0.405. The molecule has 0 radical (unpaired) electrons. The van der Waals surface area contributed by atoms with Crippen LogP contribution < -0.4 is 0 Å². The topological polar surface area (TPSA) is 54.4 Å². The van der Waals surface area contributed by atoms with Gasteiger partial charge in [0.1, 0.15) is 5.94 Å². The van der Waals surface area contributed by atoms with E-state index < -0.39 is 5.97 Å². The normalized spacial score (nSPS) is 9.00. The zero-order valence-electron chi connectivity index (χ0n) is 4.92. The zero-order valence-corrected chi connectivity index (χ0v) is 4.92. The van der Waals surface area contributed by atoms with Crippen molar-refractivity contribution < 1.29 is 14.7 Å². The van der Waals surface area contributed by atoms with Crippen molar-refractivity contribution in [2.24, 2.45) is 0 Å². The van der Waals surface area contributed by atoms with E-state index >= 15 is 0 Å². The minimum Gasteiger partial charge on any atom is -0.478 e. The molecule has 0 saturated heterocycles. The van der Waals surface area contributed by atoms with Gasteiger partial charge in [-0.25, -0.2) is 9.59 Å². The van der Waals surface area contributed by atoms with Crippen LogP contribution in [0.1, 0.15) is 6.92 Å². The van der Waals surface area contributed by atoms with Crippen molar-refractivity contribution in [1.29, 1.82) is 0 Å². The Kier molecular flexibility index (Phi) is 3.09. The summed E-state index contributed by atoms with van der Waals surface area (Å²) in [5, 5.41) is 8.03. The molecule has 0 amide bonds. The Bertz CT molecular complexity index is 184. The number of carboxylic acids is 1. The summed E-state index contributed by atoms with van der Waals surface area (Å²) >= 11 is 0. The lowest BCUT2D eigenvalue weighted by Gasteiger charge is -1.77. The highest BCUT2D eigenvalue weighted by Gasteiger charge is 1.84. The lowest BCUT2D eigenvalue weighted by molar-refractivity contribution is -0.131. The summed E-state index contributed by atoms with van der Waals surface area (Å²) in [6.45, 7) is 1.48. The van der Waals surface area contributed by atoms with Gasteiger partial charge in [0.2, 0.25) is 0 Å². The van der Waals surface area contributed by atoms with Gasteiger partial charge >= 0.3 is 5.97 Å². The number of carboxylic acid groups (broad SMARTS) is 1. The summed E-state index contributed by atoms with van der Waals surface area (Å²) in [4.78, 5) is 19.5. The molecule has 0 aliphatic heterocycles. The summed E-state index contributed by atoms with van der Waals surface area (Å²) in [7, 11) is 0. The fourth-order valence-electron chi connectivity index (χ4n) is 0.230. The molecule has 3 heteroatoms. The van der Waals surface area contributed by atoms with Crippen LogP contribution in [-0.2, 0) is 9.59 Å². The average Bonchev–Trinajstić information content (AvgIpc) is 1.83. The molecule has 0 bridgehead atoms. The molecule has 9 heavy (non-hydrogen) atoms. The zero-order chi connectivity index (χ0) is 7.28. The number of carbonyl (C=O) groups is 1. The SMILES string of the molecule is CC(=C=O)/C=C\C(=O)O. The molecule has 0 heterocycles. The molecule has 0 spiro atoms. The second kappa shape index (κ2) is 3.64. The number of hydrogen-bond acceptors (Lipinski definition) is 2. The molecule has 0 unspecified atom stereocenters. The van der Waals surface area contributed by atoms with Crippen molar-refractivity contribution in [2.75, 3.05) is 0 Å². The Labute approximate surface area is 52.3 Å². The van der Waals surface area contributed by atoms with E-state index in [1.54, 1.807) is 0 Å². The molecule has 0 saturated carbocycles. The molecule has 0 fully saturated rings. The van der Waals surface area contributed by atoms with Gasteiger partial charge in [-0.05, 0) is 13.0 Å². The summed E-state index contributed by atoms with van der Waals surface area (Å²) < 4.78 is 0. The highest BCUT2D eigenvalue weighted by molar-refractivity contribution is 5.81. The van der Waals surface area contributed by atoms with Crippen molar-refractivity contribution in [3.05, 3.63) is 17.7 Å². The maximum absolute atomic E-state index is 9.79. The van der Waals surface area contributed by atoms with Gasteiger partial charge < -0.3 is 5.11 Å². The quantitative estimate of drug-likeness (QED) is 0.331. The molecule has 48 valence electrons. The molecule has 1 N–H and O–H groups in total. The Morgan fingerprint density at radius 3 is 2.44 bits per heavy atom. The van der Waals surface area contributed by atoms with Gasteiger partial charge in [-0.15, -0.1) is 0 Å². The first kappa shape index (κ1) is 7.66. The summed E-state index contributed by atoms with van der Waals surface area (Å²) in [6.07, 6.45) is 2.08. The van der Waals surface area contributed by atoms with Gasteiger partial charge in [0.15, 0.2) is 0 Å². The van der Waals surface area contributed by atoms with E-state index in [9.17, 15) is 9.59 Å². The number of aliphatic carboxylic acids is 1. The maximum Gasteiger partial charge on any atom is 0.328 e. The first-order valence-corrected chi connectivity index (χ1v) is 2.29. The highest BCUT2D eigenvalue weighted by atomic mass is 16.4. The molecule has 0 aromatic heterocycles. The minimum atomic E-state index is -1.07. The summed E-state index contributed by atoms with van der Waals surface area (Å²) in [5.74, 6) is 0.472. The Hall–Kier alpha value is -1.34. The fourth-order valence-corrected chi connectivity index (χ4v) is 0.230. The highest BCUT2D eigenvalue weighted by Crippen LogP contribution is 1.85.